The largest absolute Gasteiger partial charge is 0.309 e. The van der Waals surface area contributed by atoms with Crippen molar-refractivity contribution in [3.63, 3.8) is 0 Å². The van der Waals surface area contributed by atoms with Crippen molar-refractivity contribution in [2.24, 2.45) is 0 Å². The van der Waals surface area contributed by atoms with E-state index in [0.29, 0.717) is 5.56 Å². The second-order valence-electron chi connectivity index (χ2n) is 14.2. The van der Waals surface area contributed by atoms with Crippen LogP contribution in [0, 0.1) is 11.3 Å². The van der Waals surface area contributed by atoms with Gasteiger partial charge >= 0.3 is 0 Å². The van der Waals surface area contributed by atoms with Gasteiger partial charge in [-0.1, -0.05) is 78.9 Å². The molecule has 0 spiro atoms. The Kier molecular flexibility index (Phi) is 6.89. The molecule has 55 heavy (non-hydrogen) atoms. The highest BCUT2D eigenvalue weighted by Gasteiger charge is 2.16. The van der Waals surface area contributed by atoms with E-state index in [9.17, 15) is 5.26 Å². The van der Waals surface area contributed by atoms with Gasteiger partial charge in [0.1, 0.15) is 0 Å². The van der Waals surface area contributed by atoms with Crippen LogP contribution in [0.4, 0.5) is 0 Å². The lowest BCUT2D eigenvalue weighted by molar-refractivity contribution is 1.18. The third kappa shape index (κ3) is 5.06. The van der Waals surface area contributed by atoms with Crippen molar-refractivity contribution in [2.45, 2.75) is 0 Å². The SMILES string of the molecule is N#Cc1ccc2c(c1)c1cc(-c3ccc(-c4cc5ccc6cc(-c7cccc(-c8ccncc8)n7)cc7ccc(c4)c5c67)cc3)ccc1n2-c1ccccc1. The second-order valence-corrected chi connectivity index (χ2v) is 14.2. The summed E-state index contributed by atoms with van der Waals surface area (Å²) in [7, 11) is 0. The smallest absolute Gasteiger partial charge is 0.0991 e. The first kappa shape index (κ1) is 31.0. The first-order valence-electron chi connectivity index (χ1n) is 18.4. The summed E-state index contributed by atoms with van der Waals surface area (Å²) in [6, 6.07) is 62.7. The molecule has 0 saturated heterocycles. The van der Waals surface area contributed by atoms with Crippen LogP contribution in [-0.4, -0.2) is 14.5 Å². The average Bonchev–Trinajstić information content (AvgIpc) is 3.59. The van der Waals surface area contributed by atoms with Crippen molar-refractivity contribution < 1.29 is 0 Å². The molecule has 0 amide bonds. The van der Waals surface area contributed by atoms with Crippen LogP contribution in [0.3, 0.4) is 0 Å². The number of rotatable bonds is 5. The molecule has 3 heterocycles. The molecular weight excluding hydrogens is 669 g/mol. The molecule has 0 atom stereocenters. The summed E-state index contributed by atoms with van der Waals surface area (Å²) in [5, 5.41) is 19.4. The molecular formula is C51H30N4. The van der Waals surface area contributed by atoms with Crippen LogP contribution in [0.15, 0.2) is 182 Å². The Morgan fingerprint density at radius 2 is 0.964 bits per heavy atom. The monoisotopic (exact) mass is 698 g/mol. The molecule has 11 aromatic rings. The fourth-order valence-corrected chi connectivity index (χ4v) is 8.41. The molecule has 254 valence electrons. The number of pyridine rings is 2. The summed E-state index contributed by atoms with van der Waals surface area (Å²) in [6.45, 7) is 0. The maximum Gasteiger partial charge on any atom is 0.0991 e. The Morgan fingerprint density at radius 3 is 1.60 bits per heavy atom. The number of fused-ring (bicyclic) bond motifs is 3. The third-order valence-electron chi connectivity index (χ3n) is 11.0. The fraction of sp³-hybridized carbons (Fsp3) is 0. The zero-order chi connectivity index (χ0) is 36.5. The normalized spacial score (nSPS) is 11.6. The minimum absolute atomic E-state index is 0.660. The van der Waals surface area contributed by atoms with Gasteiger partial charge in [-0.2, -0.15) is 5.26 Å². The van der Waals surface area contributed by atoms with Crippen LogP contribution in [0.25, 0.3) is 105 Å². The first-order valence-corrected chi connectivity index (χ1v) is 18.4. The van der Waals surface area contributed by atoms with Crippen LogP contribution >= 0.6 is 0 Å². The number of para-hydroxylation sites is 1. The molecule has 0 unspecified atom stereocenters. The van der Waals surface area contributed by atoms with Crippen molar-refractivity contribution in [1.82, 2.24) is 14.5 Å². The molecule has 0 aliphatic carbocycles. The lowest BCUT2D eigenvalue weighted by Crippen LogP contribution is -1.93. The quantitative estimate of drug-likeness (QED) is 0.168. The molecule has 0 bridgehead atoms. The Bertz CT molecular complexity index is 3230. The molecule has 3 aromatic heterocycles. The first-order chi connectivity index (χ1) is 27.2. The maximum absolute atomic E-state index is 9.71. The van der Waals surface area contributed by atoms with Gasteiger partial charge in [-0.15, -0.1) is 0 Å². The van der Waals surface area contributed by atoms with E-state index in [1.807, 2.05) is 36.4 Å². The third-order valence-corrected chi connectivity index (χ3v) is 11.0. The zero-order valence-corrected chi connectivity index (χ0v) is 29.6. The summed E-state index contributed by atoms with van der Waals surface area (Å²) in [5.74, 6) is 0. The van der Waals surface area contributed by atoms with Crippen molar-refractivity contribution in [2.75, 3.05) is 0 Å². The molecule has 0 fully saturated rings. The molecule has 4 heteroatoms. The van der Waals surface area contributed by atoms with Crippen molar-refractivity contribution in [1.29, 1.82) is 5.26 Å². The number of nitrogens with zero attached hydrogens (tertiary/aromatic N) is 4. The Labute approximate surface area is 317 Å². The number of nitriles is 1. The molecule has 0 N–H and O–H groups in total. The molecule has 0 aliphatic heterocycles. The maximum atomic E-state index is 9.71. The Hall–Kier alpha value is -7.61. The molecule has 0 aliphatic rings. The van der Waals surface area contributed by atoms with Gasteiger partial charge in [0.25, 0.3) is 0 Å². The molecule has 0 radical (unpaired) electrons. The number of benzene rings is 8. The lowest BCUT2D eigenvalue weighted by Gasteiger charge is -2.15. The molecule has 0 saturated carbocycles. The van der Waals surface area contributed by atoms with Crippen molar-refractivity contribution in [3.8, 4) is 56.5 Å². The van der Waals surface area contributed by atoms with Gasteiger partial charge in [0.2, 0.25) is 0 Å². The van der Waals surface area contributed by atoms with Crippen LogP contribution < -0.4 is 0 Å². The van der Waals surface area contributed by atoms with Gasteiger partial charge in [-0.25, -0.2) is 4.98 Å². The Balaban J connectivity index is 0.956. The van der Waals surface area contributed by atoms with E-state index in [0.717, 1.165) is 61.1 Å². The van der Waals surface area contributed by atoms with Crippen molar-refractivity contribution >= 4 is 54.1 Å². The van der Waals surface area contributed by atoms with Crippen LogP contribution in [-0.2, 0) is 0 Å². The van der Waals surface area contributed by atoms with E-state index in [1.54, 1.807) is 12.4 Å². The average molecular weight is 699 g/mol. The predicted molar refractivity (Wildman–Crippen MR) is 227 cm³/mol. The van der Waals surface area contributed by atoms with E-state index < -0.39 is 0 Å². The number of hydrogen-bond donors (Lipinski definition) is 0. The highest BCUT2D eigenvalue weighted by molar-refractivity contribution is 6.24. The van der Waals surface area contributed by atoms with Gasteiger partial charge < -0.3 is 4.57 Å². The van der Waals surface area contributed by atoms with Crippen molar-refractivity contribution in [3.05, 3.63) is 188 Å². The van der Waals surface area contributed by atoms with Gasteiger partial charge in [0.15, 0.2) is 0 Å². The number of aromatic nitrogens is 3. The predicted octanol–water partition coefficient (Wildman–Crippen LogP) is 13.0. The van der Waals surface area contributed by atoms with Crippen LogP contribution in [0.2, 0.25) is 0 Å². The van der Waals surface area contributed by atoms with E-state index >= 15 is 0 Å². The highest BCUT2D eigenvalue weighted by Crippen LogP contribution is 2.40. The van der Waals surface area contributed by atoms with E-state index in [2.05, 4.69) is 149 Å². The summed E-state index contributed by atoms with van der Waals surface area (Å²) in [5.41, 5.74) is 12.7. The minimum atomic E-state index is 0.660. The van der Waals surface area contributed by atoms with Gasteiger partial charge in [-0.3, -0.25) is 4.98 Å². The summed E-state index contributed by atoms with van der Waals surface area (Å²) >= 11 is 0. The second kappa shape index (κ2) is 12.2. The topological polar surface area (TPSA) is 54.5 Å². The van der Waals surface area contributed by atoms with Gasteiger partial charge in [0, 0.05) is 40.0 Å². The summed E-state index contributed by atoms with van der Waals surface area (Å²) in [4.78, 5) is 9.19. The molecule has 8 aromatic carbocycles. The summed E-state index contributed by atoms with van der Waals surface area (Å²) < 4.78 is 2.28. The molecule has 4 nitrogen and oxygen atoms in total. The lowest BCUT2D eigenvalue weighted by atomic mass is 9.89. The highest BCUT2D eigenvalue weighted by atomic mass is 15.0. The molecule has 11 rings (SSSR count). The summed E-state index contributed by atoms with van der Waals surface area (Å²) in [6.07, 6.45) is 3.61. The number of hydrogen-bond acceptors (Lipinski definition) is 3. The van der Waals surface area contributed by atoms with E-state index in [1.165, 1.54) is 43.4 Å². The Morgan fingerprint density at radius 1 is 0.418 bits per heavy atom. The standard InChI is InChI=1S/C51H30N4/c52-31-32-9-19-48-44(25-32)45-30-36(18-20-49(45)55(48)43-5-2-1-3-6-43)33-10-12-34(13-11-33)41-26-37-14-16-39-28-42(29-40-17-15-38(27-41)50(37)51(39)40)47-8-4-7-46(54-47)35-21-23-53-24-22-35/h1-30H. The minimum Gasteiger partial charge on any atom is -0.309 e. The van der Waals surface area contributed by atoms with Crippen LogP contribution in [0.5, 0.6) is 0 Å². The van der Waals surface area contributed by atoms with E-state index in [4.69, 9.17) is 4.98 Å². The van der Waals surface area contributed by atoms with E-state index in [-0.39, 0.29) is 0 Å². The van der Waals surface area contributed by atoms with Gasteiger partial charge in [0.05, 0.1) is 34.1 Å². The fourth-order valence-electron chi connectivity index (χ4n) is 8.41. The van der Waals surface area contributed by atoms with Gasteiger partial charge in [-0.05, 0) is 146 Å². The van der Waals surface area contributed by atoms with Crippen LogP contribution in [0.1, 0.15) is 5.56 Å². The zero-order valence-electron chi connectivity index (χ0n) is 29.6.